The number of hydrogen-bond acceptors (Lipinski definition) is 2. The first-order chi connectivity index (χ1) is 11.8. The Balaban J connectivity index is 1.74. The van der Waals surface area contributed by atoms with E-state index in [2.05, 4.69) is 10.3 Å². The molecule has 7 heteroatoms. The maximum Gasteiger partial charge on any atom is 0.431 e. The molecule has 4 nitrogen and oxygen atoms in total. The van der Waals surface area contributed by atoms with Crippen LogP contribution < -0.4 is 10.1 Å². The highest BCUT2D eigenvalue weighted by Crippen LogP contribution is 2.31. The van der Waals surface area contributed by atoms with Crippen LogP contribution in [0.3, 0.4) is 0 Å². The second-order valence-corrected chi connectivity index (χ2v) is 5.56. The highest BCUT2D eigenvalue weighted by atomic mass is 19.4. The fraction of sp³-hybridized carbons (Fsp3) is 0.167. The molecule has 3 rings (SSSR count). The van der Waals surface area contributed by atoms with Gasteiger partial charge in [0.1, 0.15) is 11.4 Å². The minimum atomic E-state index is -4.44. The van der Waals surface area contributed by atoms with Gasteiger partial charge >= 0.3 is 6.18 Å². The third-order valence-electron chi connectivity index (χ3n) is 3.71. The minimum Gasteiger partial charge on any atom is -0.497 e. The largest absolute Gasteiger partial charge is 0.497 e. The number of carbonyl (C=O) groups is 1. The molecule has 2 aromatic carbocycles. The van der Waals surface area contributed by atoms with Gasteiger partial charge in [-0.2, -0.15) is 13.2 Å². The molecule has 0 unspecified atom stereocenters. The Kier molecular flexibility index (Phi) is 4.39. The summed E-state index contributed by atoms with van der Waals surface area (Å²) < 4.78 is 43.3. The van der Waals surface area contributed by atoms with Gasteiger partial charge in [0.05, 0.1) is 13.5 Å². The van der Waals surface area contributed by atoms with Crippen LogP contribution in [0.15, 0.2) is 48.5 Å². The SMILES string of the molecule is COc1cccc(CC(=O)Nc2ccc3[nH]c(C(F)(F)F)cc3c2)c1. The van der Waals surface area contributed by atoms with Crippen LogP contribution in [0, 0.1) is 0 Å². The molecule has 0 aliphatic rings. The zero-order chi connectivity index (χ0) is 18.0. The molecule has 2 N–H and O–H groups in total. The number of alkyl halides is 3. The molecule has 0 aliphatic carbocycles. The summed E-state index contributed by atoms with van der Waals surface area (Å²) in [7, 11) is 1.54. The van der Waals surface area contributed by atoms with Crippen molar-refractivity contribution < 1.29 is 22.7 Å². The van der Waals surface area contributed by atoms with E-state index in [4.69, 9.17) is 4.74 Å². The smallest absolute Gasteiger partial charge is 0.431 e. The molecule has 0 atom stereocenters. The third kappa shape index (κ3) is 3.93. The topological polar surface area (TPSA) is 54.1 Å². The quantitative estimate of drug-likeness (QED) is 0.735. The van der Waals surface area contributed by atoms with Gasteiger partial charge in [0.25, 0.3) is 0 Å². The van der Waals surface area contributed by atoms with Gasteiger partial charge in [-0.15, -0.1) is 0 Å². The van der Waals surface area contributed by atoms with E-state index in [0.717, 1.165) is 11.6 Å². The average molecular weight is 348 g/mol. The molecule has 0 saturated carbocycles. The van der Waals surface area contributed by atoms with Crippen LogP contribution >= 0.6 is 0 Å². The number of fused-ring (bicyclic) bond motifs is 1. The molecule has 0 spiro atoms. The van der Waals surface area contributed by atoms with E-state index in [1.807, 2.05) is 0 Å². The van der Waals surface area contributed by atoms with E-state index in [9.17, 15) is 18.0 Å². The summed E-state index contributed by atoms with van der Waals surface area (Å²) in [5, 5.41) is 3.07. The maximum absolute atomic E-state index is 12.7. The van der Waals surface area contributed by atoms with Gasteiger partial charge in [0.15, 0.2) is 0 Å². The van der Waals surface area contributed by atoms with Gasteiger partial charge in [-0.05, 0) is 42.0 Å². The lowest BCUT2D eigenvalue weighted by molar-refractivity contribution is -0.140. The van der Waals surface area contributed by atoms with Crippen LogP contribution in [-0.4, -0.2) is 18.0 Å². The zero-order valence-electron chi connectivity index (χ0n) is 13.3. The highest BCUT2D eigenvalue weighted by Gasteiger charge is 2.32. The van der Waals surface area contributed by atoms with Crippen LogP contribution in [0.25, 0.3) is 10.9 Å². The number of anilines is 1. The molecular formula is C18H15F3N2O2. The first-order valence-corrected chi connectivity index (χ1v) is 7.48. The predicted molar refractivity (Wildman–Crippen MR) is 88.6 cm³/mol. The molecule has 3 aromatic rings. The Morgan fingerprint density at radius 3 is 2.68 bits per heavy atom. The second kappa shape index (κ2) is 6.51. The predicted octanol–water partition coefficient (Wildman–Crippen LogP) is 4.38. The zero-order valence-corrected chi connectivity index (χ0v) is 13.3. The van der Waals surface area contributed by atoms with E-state index in [-0.39, 0.29) is 12.3 Å². The van der Waals surface area contributed by atoms with E-state index < -0.39 is 11.9 Å². The number of benzene rings is 2. The molecule has 1 amide bonds. The van der Waals surface area contributed by atoms with Crippen molar-refractivity contribution in [2.75, 3.05) is 12.4 Å². The van der Waals surface area contributed by atoms with Gasteiger partial charge in [0, 0.05) is 16.6 Å². The van der Waals surface area contributed by atoms with Crippen LogP contribution in [0.5, 0.6) is 5.75 Å². The van der Waals surface area contributed by atoms with Gasteiger partial charge in [-0.1, -0.05) is 12.1 Å². The number of amides is 1. The normalized spacial score (nSPS) is 11.5. The van der Waals surface area contributed by atoms with Crippen molar-refractivity contribution in [1.29, 1.82) is 0 Å². The highest BCUT2D eigenvalue weighted by molar-refractivity contribution is 5.95. The van der Waals surface area contributed by atoms with Gasteiger partial charge in [0.2, 0.25) is 5.91 Å². The van der Waals surface area contributed by atoms with Crippen LogP contribution in [0.2, 0.25) is 0 Å². The number of H-pyrrole nitrogens is 1. The number of aromatic nitrogens is 1. The Hall–Kier alpha value is -2.96. The Morgan fingerprint density at radius 2 is 1.96 bits per heavy atom. The van der Waals surface area contributed by atoms with Gasteiger partial charge < -0.3 is 15.0 Å². The van der Waals surface area contributed by atoms with Crippen molar-refractivity contribution in [3.05, 3.63) is 59.8 Å². The number of hydrogen-bond donors (Lipinski definition) is 2. The number of rotatable bonds is 4. The second-order valence-electron chi connectivity index (χ2n) is 5.56. The summed E-state index contributed by atoms with van der Waals surface area (Å²) >= 11 is 0. The van der Waals surface area contributed by atoms with Crippen LogP contribution in [0.1, 0.15) is 11.3 Å². The Morgan fingerprint density at radius 1 is 1.16 bits per heavy atom. The lowest BCUT2D eigenvalue weighted by Crippen LogP contribution is -2.14. The standard InChI is InChI=1S/C18H15F3N2O2/c1-25-14-4-2-3-11(7-14)8-17(24)22-13-5-6-15-12(9-13)10-16(23-15)18(19,20)21/h2-7,9-10,23H,8H2,1H3,(H,22,24). The molecule has 130 valence electrons. The monoisotopic (exact) mass is 348 g/mol. The number of ether oxygens (including phenoxy) is 1. The average Bonchev–Trinajstić information content (AvgIpc) is 2.98. The first kappa shape index (κ1) is 16.9. The Labute approximate surface area is 141 Å². The number of carbonyl (C=O) groups excluding carboxylic acids is 1. The lowest BCUT2D eigenvalue weighted by atomic mass is 10.1. The number of aromatic amines is 1. The fourth-order valence-electron chi connectivity index (χ4n) is 2.54. The maximum atomic E-state index is 12.7. The molecule has 0 saturated heterocycles. The summed E-state index contributed by atoms with van der Waals surface area (Å²) in [5.74, 6) is 0.387. The van der Waals surface area contributed by atoms with Crippen molar-refractivity contribution in [3.63, 3.8) is 0 Å². The summed E-state index contributed by atoms with van der Waals surface area (Å²) in [6.07, 6.45) is -4.30. The van der Waals surface area contributed by atoms with Gasteiger partial charge in [-0.3, -0.25) is 4.79 Å². The molecule has 0 aliphatic heterocycles. The lowest BCUT2D eigenvalue weighted by Gasteiger charge is -2.07. The molecule has 0 radical (unpaired) electrons. The van der Waals surface area contributed by atoms with Crippen LogP contribution in [-0.2, 0) is 17.4 Å². The van der Waals surface area contributed by atoms with Crippen LogP contribution in [0.4, 0.5) is 18.9 Å². The van der Waals surface area contributed by atoms with Crippen molar-refractivity contribution in [2.45, 2.75) is 12.6 Å². The number of halogens is 3. The minimum absolute atomic E-state index is 0.135. The molecule has 25 heavy (non-hydrogen) atoms. The Bertz CT molecular complexity index is 916. The molecule has 1 aromatic heterocycles. The van der Waals surface area contributed by atoms with E-state index in [1.54, 1.807) is 37.4 Å². The summed E-state index contributed by atoms with van der Waals surface area (Å²) in [6.45, 7) is 0. The molecule has 0 fully saturated rings. The summed E-state index contributed by atoms with van der Waals surface area (Å²) in [6, 6.07) is 12.7. The van der Waals surface area contributed by atoms with Crippen molar-refractivity contribution in [1.82, 2.24) is 4.98 Å². The number of nitrogens with one attached hydrogen (secondary N) is 2. The van der Waals surface area contributed by atoms with E-state index in [0.29, 0.717) is 22.3 Å². The van der Waals surface area contributed by atoms with Crippen molar-refractivity contribution in [2.24, 2.45) is 0 Å². The van der Waals surface area contributed by atoms with Crippen molar-refractivity contribution in [3.8, 4) is 5.75 Å². The van der Waals surface area contributed by atoms with Gasteiger partial charge in [-0.25, -0.2) is 0 Å². The first-order valence-electron chi connectivity index (χ1n) is 7.48. The van der Waals surface area contributed by atoms with E-state index >= 15 is 0 Å². The van der Waals surface area contributed by atoms with E-state index in [1.165, 1.54) is 12.1 Å². The molecule has 1 heterocycles. The summed E-state index contributed by atoms with van der Waals surface area (Å²) in [5.41, 5.74) is 0.757. The molecule has 0 bridgehead atoms. The molecular weight excluding hydrogens is 333 g/mol. The number of methoxy groups -OCH3 is 1. The fourth-order valence-corrected chi connectivity index (χ4v) is 2.54. The van der Waals surface area contributed by atoms with Crippen molar-refractivity contribution >= 4 is 22.5 Å². The third-order valence-corrected chi connectivity index (χ3v) is 3.71. The summed E-state index contributed by atoms with van der Waals surface area (Å²) in [4.78, 5) is 14.5.